The van der Waals surface area contributed by atoms with Gasteiger partial charge in [-0.25, -0.2) is 0 Å². The van der Waals surface area contributed by atoms with Crippen LogP contribution in [0.4, 0.5) is 11.4 Å². The van der Waals surface area contributed by atoms with E-state index in [1.165, 1.54) is 12.1 Å². The van der Waals surface area contributed by atoms with E-state index in [9.17, 15) is 35.5 Å². The van der Waals surface area contributed by atoms with Crippen LogP contribution in [0.15, 0.2) is 56.4 Å². The van der Waals surface area contributed by atoms with E-state index >= 15 is 0 Å². The van der Waals surface area contributed by atoms with Crippen molar-refractivity contribution in [3.63, 3.8) is 0 Å². The highest BCUT2D eigenvalue weighted by atomic mass is 35.5. The van der Waals surface area contributed by atoms with E-state index < -0.39 is 52.6 Å². The first-order valence-electron chi connectivity index (χ1n) is 8.14. The van der Waals surface area contributed by atoms with Gasteiger partial charge in [-0.05, 0) is 24.3 Å². The smallest absolute Gasteiger partial charge is 0.294 e. The average Bonchev–Trinajstić information content (AvgIpc) is 2.69. The Hall–Kier alpha value is -2.62. The first-order valence-corrected chi connectivity index (χ1v) is 11.9. The van der Waals surface area contributed by atoms with Crippen molar-refractivity contribution in [1.82, 2.24) is 0 Å². The van der Waals surface area contributed by atoms with Crippen LogP contribution in [0.25, 0.3) is 0 Å². The molecule has 12 nitrogen and oxygen atoms in total. The van der Waals surface area contributed by atoms with Gasteiger partial charge in [0, 0.05) is 11.1 Å². The highest BCUT2D eigenvalue weighted by Gasteiger charge is 2.26. The van der Waals surface area contributed by atoms with Gasteiger partial charge in [-0.2, -0.15) is 27.1 Å². The van der Waals surface area contributed by atoms with Gasteiger partial charge in [0.05, 0.1) is 11.4 Å². The number of benzene rings is 2. The molecule has 32 heavy (non-hydrogen) atoms. The molecule has 0 saturated heterocycles. The molecule has 172 valence electrons. The van der Waals surface area contributed by atoms with Crippen LogP contribution in [-0.4, -0.2) is 37.8 Å². The van der Waals surface area contributed by atoms with Crippen LogP contribution in [0.1, 0.15) is 21.9 Å². The molecule has 0 fully saturated rings. The number of nitrogens with zero attached hydrogens (tertiary/aromatic N) is 2. The molecule has 2 unspecified atom stereocenters. The summed E-state index contributed by atoms with van der Waals surface area (Å²) >= 11 is 11.5. The zero-order chi connectivity index (χ0) is 24.4. The third kappa shape index (κ3) is 5.99. The quantitative estimate of drug-likeness (QED) is 0.227. The van der Waals surface area contributed by atoms with E-state index in [4.69, 9.17) is 34.7 Å². The Bertz CT molecular complexity index is 1230. The van der Waals surface area contributed by atoms with Gasteiger partial charge >= 0.3 is 0 Å². The minimum Gasteiger partial charge on any atom is -0.368 e. The van der Waals surface area contributed by atoms with Gasteiger partial charge in [0.2, 0.25) is 11.8 Å². The van der Waals surface area contributed by atoms with E-state index in [-0.39, 0.29) is 22.5 Å². The van der Waals surface area contributed by atoms with Crippen LogP contribution in [0.3, 0.4) is 0 Å². The fraction of sp³-hybridized carbons (Fsp3) is 0.125. The number of alkyl halides is 2. The maximum absolute atomic E-state index is 11.6. The predicted octanol–water partition coefficient (Wildman–Crippen LogP) is 2.13. The molecule has 2 atom stereocenters. The summed E-state index contributed by atoms with van der Waals surface area (Å²) in [5.41, 5.74) is 9.25. The summed E-state index contributed by atoms with van der Waals surface area (Å²) in [4.78, 5) is 21.1. The molecule has 0 aliphatic heterocycles. The number of hydrogen-bond donors (Lipinski definition) is 4. The predicted molar refractivity (Wildman–Crippen MR) is 112 cm³/mol. The number of primary amides is 2. The highest BCUT2D eigenvalue weighted by Crippen LogP contribution is 2.33. The van der Waals surface area contributed by atoms with Crippen molar-refractivity contribution in [3.8, 4) is 0 Å². The minimum atomic E-state index is -4.83. The first-order chi connectivity index (χ1) is 14.6. The molecule has 6 N–H and O–H groups in total. The fourth-order valence-corrected chi connectivity index (χ4v) is 4.47. The lowest BCUT2D eigenvalue weighted by molar-refractivity contribution is -0.118. The summed E-state index contributed by atoms with van der Waals surface area (Å²) in [6, 6.07) is 6.27. The van der Waals surface area contributed by atoms with E-state index in [0.29, 0.717) is 0 Å². The molecule has 16 heteroatoms. The van der Waals surface area contributed by atoms with Crippen LogP contribution in [0.2, 0.25) is 0 Å². The lowest BCUT2D eigenvalue weighted by atomic mass is 10.1. The lowest BCUT2D eigenvalue weighted by Gasteiger charge is -2.11. The van der Waals surface area contributed by atoms with Crippen LogP contribution < -0.4 is 11.5 Å². The average molecular weight is 525 g/mol. The van der Waals surface area contributed by atoms with Gasteiger partial charge in [-0.1, -0.05) is 12.1 Å². The molecule has 0 saturated carbocycles. The Balaban J connectivity index is 2.54. The second-order valence-corrected chi connectivity index (χ2v) is 9.78. The van der Waals surface area contributed by atoms with Crippen LogP contribution in [-0.2, 0) is 29.8 Å². The second kappa shape index (κ2) is 9.48. The molecule has 0 bridgehead atoms. The molecule has 0 aliphatic rings. The van der Waals surface area contributed by atoms with Gasteiger partial charge in [-0.3, -0.25) is 18.7 Å². The van der Waals surface area contributed by atoms with Gasteiger partial charge in [-0.15, -0.1) is 23.2 Å². The van der Waals surface area contributed by atoms with E-state index in [1.807, 2.05) is 0 Å². The van der Waals surface area contributed by atoms with Crippen molar-refractivity contribution >= 4 is 66.6 Å². The monoisotopic (exact) mass is 524 g/mol. The third-order valence-corrected chi connectivity index (χ3v) is 6.60. The highest BCUT2D eigenvalue weighted by molar-refractivity contribution is 7.86. The van der Waals surface area contributed by atoms with Gasteiger partial charge in [0.25, 0.3) is 20.2 Å². The van der Waals surface area contributed by atoms with E-state index in [1.54, 1.807) is 0 Å². The third-order valence-electron chi connectivity index (χ3n) is 3.88. The van der Waals surface area contributed by atoms with Crippen molar-refractivity contribution in [2.75, 3.05) is 0 Å². The molecule has 0 heterocycles. The van der Waals surface area contributed by atoms with Crippen molar-refractivity contribution in [2.45, 2.75) is 20.5 Å². The largest absolute Gasteiger partial charge is 0.368 e. The van der Waals surface area contributed by atoms with Crippen LogP contribution >= 0.6 is 23.2 Å². The van der Waals surface area contributed by atoms with Crippen molar-refractivity contribution < 1.29 is 35.5 Å². The number of carbonyl (C=O) groups is 2. The molecule has 2 rings (SSSR count). The van der Waals surface area contributed by atoms with E-state index in [2.05, 4.69) is 10.2 Å². The maximum atomic E-state index is 11.6. The SMILES string of the molecule is NC(=O)C(Cl)c1ccc(N=Nc2ccc(C(Cl)C(N)=O)c(S(=O)(=O)O)c2)cc1S(=O)(=O)O. The zero-order valence-corrected chi connectivity index (χ0v) is 18.7. The number of carbonyl (C=O) groups excluding carboxylic acids is 2. The second-order valence-electron chi connectivity index (χ2n) is 6.12. The van der Waals surface area contributed by atoms with Crippen molar-refractivity contribution in [1.29, 1.82) is 0 Å². The number of amides is 2. The number of azo groups is 1. The zero-order valence-electron chi connectivity index (χ0n) is 15.6. The Morgan fingerprint density at radius 1 is 0.750 bits per heavy atom. The summed E-state index contributed by atoms with van der Waals surface area (Å²) in [7, 11) is -9.66. The molecule has 2 aromatic rings. The number of nitrogens with two attached hydrogens (primary N) is 2. The molecular weight excluding hydrogens is 511 g/mol. The van der Waals surface area contributed by atoms with Crippen molar-refractivity contribution in [2.24, 2.45) is 21.7 Å². The molecule has 0 aliphatic carbocycles. The van der Waals surface area contributed by atoms with Gasteiger partial charge in [0.15, 0.2) is 0 Å². The Morgan fingerprint density at radius 2 is 1.06 bits per heavy atom. The Labute approximate surface area is 191 Å². The summed E-state index contributed by atoms with van der Waals surface area (Å²) in [6.45, 7) is 0. The van der Waals surface area contributed by atoms with Gasteiger partial charge in [0.1, 0.15) is 20.5 Å². The summed E-state index contributed by atoms with van der Waals surface area (Å²) < 4.78 is 65.4. The standard InChI is InChI=1S/C16H14Cl2N4O8S2/c17-13(15(19)23)9-3-1-7(5-11(9)31(25,26)27)21-22-8-2-4-10(14(18)16(20)24)12(6-8)32(28,29)30/h1-6,13-14H,(H2,19,23)(H2,20,24)(H,25,26,27)(H,28,29,30). The summed E-state index contributed by atoms with van der Waals surface area (Å²) in [6.07, 6.45) is 0. The number of rotatable bonds is 8. The van der Waals surface area contributed by atoms with Gasteiger partial charge < -0.3 is 11.5 Å². The topological polar surface area (TPSA) is 220 Å². The summed E-state index contributed by atoms with van der Waals surface area (Å²) in [5, 5.41) is 4.32. The fourth-order valence-electron chi connectivity index (χ4n) is 2.46. The molecular formula is C16H14Cl2N4O8S2. The Morgan fingerprint density at radius 3 is 1.31 bits per heavy atom. The number of hydrogen-bond acceptors (Lipinski definition) is 8. The first kappa shape index (κ1) is 25.6. The molecule has 2 amide bonds. The number of halogens is 2. The van der Waals surface area contributed by atoms with Crippen LogP contribution in [0.5, 0.6) is 0 Å². The molecule has 0 spiro atoms. The Kier molecular flexibility index (Phi) is 7.59. The molecule has 2 aromatic carbocycles. The summed E-state index contributed by atoms with van der Waals surface area (Å²) in [5.74, 6) is -2.12. The van der Waals surface area contributed by atoms with Crippen LogP contribution in [0, 0.1) is 0 Å². The molecule has 0 aromatic heterocycles. The minimum absolute atomic E-state index is 0.139. The lowest BCUT2D eigenvalue weighted by Crippen LogP contribution is -2.19. The van der Waals surface area contributed by atoms with Crippen molar-refractivity contribution in [3.05, 3.63) is 47.5 Å². The normalized spacial score (nSPS) is 14.2. The van der Waals surface area contributed by atoms with E-state index in [0.717, 1.165) is 24.3 Å². The maximum Gasteiger partial charge on any atom is 0.294 e. The molecule has 0 radical (unpaired) electrons.